The first kappa shape index (κ1) is 9.92. The number of rotatable bonds is 2. The fourth-order valence-corrected chi connectivity index (χ4v) is 1.16. The molecule has 0 aliphatic carbocycles. The Morgan fingerprint density at radius 1 is 1.46 bits per heavy atom. The molecule has 0 aromatic heterocycles. The van der Waals surface area contributed by atoms with E-state index in [2.05, 4.69) is 17.9 Å². The number of amides is 2. The number of thiol groups is 1. The van der Waals surface area contributed by atoms with Gasteiger partial charge in [-0.3, -0.25) is 0 Å². The molecule has 0 heterocycles. The molecule has 0 spiro atoms. The van der Waals surface area contributed by atoms with Crippen LogP contribution >= 0.6 is 12.6 Å². The molecule has 0 saturated heterocycles. The van der Waals surface area contributed by atoms with Gasteiger partial charge in [-0.15, -0.1) is 0 Å². The summed E-state index contributed by atoms with van der Waals surface area (Å²) in [5.41, 5.74) is 6.77. The zero-order chi connectivity index (χ0) is 9.84. The van der Waals surface area contributed by atoms with E-state index in [-0.39, 0.29) is 5.25 Å². The zero-order valence-electron chi connectivity index (χ0n) is 7.32. The molecule has 0 saturated carbocycles. The normalized spacial score (nSPS) is 12.2. The minimum absolute atomic E-state index is 0.197. The Labute approximate surface area is 82.7 Å². The summed E-state index contributed by atoms with van der Waals surface area (Å²) in [5.74, 6) is 0. The molecule has 1 atom stereocenters. The zero-order valence-corrected chi connectivity index (χ0v) is 8.21. The van der Waals surface area contributed by atoms with Gasteiger partial charge < -0.3 is 11.1 Å². The summed E-state index contributed by atoms with van der Waals surface area (Å²) >= 11 is 4.28. The van der Waals surface area contributed by atoms with Crippen molar-refractivity contribution in [1.82, 2.24) is 0 Å². The van der Waals surface area contributed by atoms with Gasteiger partial charge in [0.25, 0.3) is 0 Å². The standard InChI is InChI=1S/C9H12N2OS/c1-6(13)7-2-4-8(5-3-7)11-9(10)12/h2-6,13H,1H3,(H3,10,11,12). The van der Waals surface area contributed by atoms with Gasteiger partial charge in [0.05, 0.1) is 0 Å². The van der Waals surface area contributed by atoms with E-state index >= 15 is 0 Å². The highest BCUT2D eigenvalue weighted by Crippen LogP contribution is 2.20. The molecule has 1 aromatic carbocycles. The average molecular weight is 196 g/mol. The second-order valence-corrected chi connectivity index (χ2v) is 3.56. The second-order valence-electron chi connectivity index (χ2n) is 2.79. The molecule has 0 aliphatic heterocycles. The molecule has 1 unspecified atom stereocenters. The van der Waals surface area contributed by atoms with Crippen LogP contribution in [0.3, 0.4) is 0 Å². The summed E-state index contributed by atoms with van der Waals surface area (Å²) in [5, 5.41) is 2.68. The van der Waals surface area contributed by atoms with E-state index in [0.717, 1.165) is 5.56 Å². The fraction of sp³-hybridized carbons (Fsp3) is 0.222. The van der Waals surface area contributed by atoms with Crippen molar-refractivity contribution in [2.45, 2.75) is 12.2 Å². The lowest BCUT2D eigenvalue weighted by molar-refractivity contribution is 0.259. The molecule has 4 heteroatoms. The summed E-state index contributed by atoms with van der Waals surface area (Å²) in [6.45, 7) is 1.99. The molecule has 70 valence electrons. The Morgan fingerprint density at radius 2 is 2.00 bits per heavy atom. The number of primary amides is 1. The van der Waals surface area contributed by atoms with Crippen molar-refractivity contribution in [2.75, 3.05) is 5.32 Å². The maximum absolute atomic E-state index is 10.5. The minimum atomic E-state index is -0.549. The molecule has 2 amide bonds. The molecule has 1 rings (SSSR count). The second kappa shape index (κ2) is 4.18. The van der Waals surface area contributed by atoms with Crippen molar-refractivity contribution in [3.8, 4) is 0 Å². The van der Waals surface area contributed by atoms with E-state index in [1.807, 2.05) is 19.1 Å². The molecule has 3 nitrogen and oxygen atoms in total. The maximum atomic E-state index is 10.5. The number of nitrogens with one attached hydrogen (secondary N) is 1. The van der Waals surface area contributed by atoms with Crippen molar-refractivity contribution in [3.63, 3.8) is 0 Å². The highest BCUT2D eigenvalue weighted by Gasteiger charge is 1.99. The van der Waals surface area contributed by atoms with Gasteiger partial charge in [-0.25, -0.2) is 4.79 Å². The van der Waals surface area contributed by atoms with Crippen LogP contribution in [-0.4, -0.2) is 6.03 Å². The average Bonchev–Trinajstić information content (AvgIpc) is 2.04. The molecule has 0 bridgehead atoms. The number of benzene rings is 1. The van der Waals surface area contributed by atoms with Crippen LogP contribution in [0, 0.1) is 0 Å². The Balaban J connectivity index is 2.75. The summed E-state index contributed by atoms with van der Waals surface area (Å²) in [4.78, 5) is 10.5. The van der Waals surface area contributed by atoms with Gasteiger partial charge >= 0.3 is 6.03 Å². The van der Waals surface area contributed by atoms with Crippen LogP contribution in [0.5, 0.6) is 0 Å². The summed E-state index contributed by atoms with van der Waals surface area (Å²) < 4.78 is 0. The van der Waals surface area contributed by atoms with Crippen LogP contribution in [-0.2, 0) is 0 Å². The largest absolute Gasteiger partial charge is 0.351 e. The smallest absolute Gasteiger partial charge is 0.316 e. The van der Waals surface area contributed by atoms with E-state index in [4.69, 9.17) is 5.73 Å². The first-order valence-electron chi connectivity index (χ1n) is 3.94. The number of anilines is 1. The van der Waals surface area contributed by atoms with Gasteiger partial charge in [-0.2, -0.15) is 12.6 Å². The van der Waals surface area contributed by atoms with Gasteiger partial charge in [0, 0.05) is 10.9 Å². The number of hydrogen-bond acceptors (Lipinski definition) is 2. The van der Waals surface area contributed by atoms with E-state index in [9.17, 15) is 4.79 Å². The first-order chi connectivity index (χ1) is 6.09. The van der Waals surface area contributed by atoms with Crippen molar-refractivity contribution in [3.05, 3.63) is 29.8 Å². The number of hydrogen-bond donors (Lipinski definition) is 3. The Morgan fingerprint density at radius 3 is 2.38 bits per heavy atom. The van der Waals surface area contributed by atoms with Gasteiger partial charge in [0.2, 0.25) is 0 Å². The third-order valence-corrected chi connectivity index (χ3v) is 1.96. The minimum Gasteiger partial charge on any atom is -0.351 e. The lowest BCUT2D eigenvalue weighted by Gasteiger charge is -2.05. The van der Waals surface area contributed by atoms with Gasteiger partial charge in [0.1, 0.15) is 0 Å². The number of carbonyl (C=O) groups excluding carboxylic acids is 1. The molecule has 0 radical (unpaired) electrons. The number of urea groups is 1. The molecule has 0 aliphatic rings. The highest BCUT2D eigenvalue weighted by atomic mass is 32.1. The predicted molar refractivity (Wildman–Crippen MR) is 57.0 cm³/mol. The first-order valence-corrected chi connectivity index (χ1v) is 4.45. The third kappa shape index (κ3) is 2.99. The van der Waals surface area contributed by atoms with Crippen LogP contribution in [0.4, 0.5) is 10.5 Å². The maximum Gasteiger partial charge on any atom is 0.316 e. The number of nitrogens with two attached hydrogens (primary N) is 1. The Bertz CT molecular complexity index is 295. The predicted octanol–water partition coefficient (Wildman–Crippen LogP) is 2.17. The monoisotopic (exact) mass is 196 g/mol. The highest BCUT2D eigenvalue weighted by molar-refractivity contribution is 7.80. The SMILES string of the molecule is CC(S)c1ccc(NC(N)=O)cc1. The van der Waals surface area contributed by atoms with Crippen LogP contribution in [0.1, 0.15) is 17.7 Å². The Kier molecular flexibility index (Phi) is 3.19. The molecule has 3 N–H and O–H groups in total. The van der Waals surface area contributed by atoms with E-state index < -0.39 is 6.03 Å². The van der Waals surface area contributed by atoms with Gasteiger partial charge in [-0.1, -0.05) is 12.1 Å². The van der Waals surface area contributed by atoms with E-state index in [0.29, 0.717) is 5.69 Å². The van der Waals surface area contributed by atoms with E-state index in [1.54, 1.807) is 12.1 Å². The molecular formula is C9H12N2OS. The Hall–Kier alpha value is -1.16. The lowest BCUT2D eigenvalue weighted by atomic mass is 10.1. The van der Waals surface area contributed by atoms with Crippen molar-refractivity contribution in [1.29, 1.82) is 0 Å². The topological polar surface area (TPSA) is 55.1 Å². The summed E-state index contributed by atoms with van der Waals surface area (Å²) in [6, 6.07) is 6.86. The van der Waals surface area contributed by atoms with Crippen LogP contribution in [0.15, 0.2) is 24.3 Å². The van der Waals surface area contributed by atoms with Crippen LogP contribution in [0.25, 0.3) is 0 Å². The molecule has 0 fully saturated rings. The summed E-state index contributed by atoms with van der Waals surface area (Å²) in [6.07, 6.45) is 0. The van der Waals surface area contributed by atoms with Crippen LogP contribution < -0.4 is 11.1 Å². The molecule has 13 heavy (non-hydrogen) atoms. The quantitative estimate of drug-likeness (QED) is 0.624. The molecular weight excluding hydrogens is 184 g/mol. The van der Waals surface area contributed by atoms with Crippen LogP contribution in [0.2, 0.25) is 0 Å². The number of carbonyl (C=O) groups is 1. The van der Waals surface area contributed by atoms with Crippen molar-refractivity contribution in [2.24, 2.45) is 5.73 Å². The summed E-state index contributed by atoms with van der Waals surface area (Å²) in [7, 11) is 0. The third-order valence-electron chi connectivity index (χ3n) is 1.66. The van der Waals surface area contributed by atoms with Gasteiger partial charge in [-0.05, 0) is 24.6 Å². The van der Waals surface area contributed by atoms with Crippen molar-refractivity contribution >= 4 is 24.3 Å². The van der Waals surface area contributed by atoms with Gasteiger partial charge in [0.15, 0.2) is 0 Å². The lowest BCUT2D eigenvalue weighted by Crippen LogP contribution is -2.19. The van der Waals surface area contributed by atoms with E-state index in [1.165, 1.54) is 0 Å². The fourth-order valence-electron chi connectivity index (χ4n) is 0.987. The van der Waals surface area contributed by atoms with Crippen molar-refractivity contribution < 1.29 is 4.79 Å². The molecule has 1 aromatic rings.